The van der Waals surface area contributed by atoms with Crippen molar-refractivity contribution in [2.45, 2.75) is 56.9 Å². The van der Waals surface area contributed by atoms with Gasteiger partial charge in [0, 0.05) is 32.5 Å². The summed E-state index contributed by atoms with van der Waals surface area (Å²) in [6, 6.07) is 9.30. The van der Waals surface area contributed by atoms with Crippen LogP contribution in [-0.4, -0.2) is 36.6 Å². The summed E-state index contributed by atoms with van der Waals surface area (Å²) in [4.78, 5) is 36.5. The molecule has 32 heavy (non-hydrogen) atoms. The molecule has 7 heteroatoms. The number of nitrogens with two attached hydrogens (primary N) is 1. The van der Waals surface area contributed by atoms with Gasteiger partial charge in [0.2, 0.25) is 11.8 Å². The lowest BCUT2D eigenvalue weighted by Crippen LogP contribution is -2.28. The van der Waals surface area contributed by atoms with Gasteiger partial charge in [-0.1, -0.05) is 24.6 Å². The number of para-hydroxylation sites is 1. The minimum Gasteiger partial charge on any atom is -0.380 e. The van der Waals surface area contributed by atoms with Crippen LogP contribution >= 0.6 is 0 Å². The molecule has 1 spiro atoms. The lowest BCUT2D eigenvalue weighted by Gasteiger charge is -2.29. The predicted molar refractivity (Wildman–Crippen MR) is 123 cm³/mol. The number of rotatable bonds is 6. The van der Waals surface area contributed by atoms with Gasteiger partial charge in [0.1, 0.15) is 0 Å². The Hall–Kier alpha value is -2.93. The Bertz CT molecular complexity index is 1080. The van der Waals surface area contributed by atoms with Gasteiger partial charge in [0.15, 0.2) is 0 Å². The topological polar surface area (TPSA) is 94.6 Å². The highest BCUT2D eigenvalue weighted by Crippen LogP contribution is 2.59. The maximum absolute atomic E-state index is 12.4. The number of anilines is 1. The van der Waals surface area contributed by atoms with Crippen molar-refractivity contribution in [3.05, 3.63) is 63.6 Å². The van der Waals surface area contributed by atoms with Crippen LogP contribution in [0.3, 0.4) is 0 Å². The van der Waals surface area contributed by atoms with Crippen LogP contribution in [-0.2, 0) is 21.5 Å². The predicted octanol–water partition coefficient (Wildman–Crippen LogP) is 2.95. The number of ether oxygens (including phenoxy) is 1. The van der Waals surface area contributed by atoms with Gasteiger partial charge in [0.25, 0.3) is 5.56 Å². The molecule has 0 radical (unpaired) electrons. The monoisotopic (exact) mass is 437 g/mol. The van der Waals surface area contributed by atoms with Crippen molar-refractivity contribution in [3.63, 3.8) is 0 Å². The number of primary amides is 1. The fourth-order valence-electron chi connectivity index (χ4n) is 4.68. The third kappa shape index (κ3) is 3.97. The number of hydrogen-bond donors (Lipinski definition) is 1. The highest BCUT2D eigenvalue weighted by molar-refractivity contribution is 6.10. The quantitative estimate of drug-likeness (QED) is 0.703. The third-order valence-electron chi connectivity index (χ3n) is 6.88. The van der Waals surface area contributed by atoms with Crippen molar-refractivity contribution < 1.29 is 14.3 Å². The van der Waals surface area contributed by atoms with Crippen molar-refractivity contribution in [1.82, 2.24) is 4.57 Å². The molecule has 1 aliphatic heterocycles. The number of aromatic nitrogens is 1. The summed E-state index contributed by atoms with van der Waals surface area (Å²) in [5, 5.41) is 0. The Morgan fingerprint density at radius 2 is 1.94 bits per heavy atom. The fourth-order valence-corrected chi connectivity index (χ4v) is 4.68. The van der Waals surface area contributed by atoms with Crippen molar-refractivity contribution in [2.75, 3.05) is 25.2 Å². The van der Waals surface area contributed by atoms with Crippen LogP contribution in [0.15, 0.2) is 41.3 Å². The normalized spacial score (nSPS) is 18.1. The number of nitrogens with zero attached hydrogens (tertiary/aromatic N) is 2. The summed E-state index contributed by atoms with van der Waals surface area (Å²) in [5.41, 5.74) is 9.14. The molecule has 0 unspecified atom stereocenters. The first-order valence-corrected chi connectivity index (χ1v) is 11.4. The second-order valence-corrected chi connectivity index (χ2v) is 8.83. The van der Waals surface area contributed by atoms with E-state index >= 15 is 0 Å². The van der Waals surface area contributed by atoms with Crippen molar-refractivity contribution in [1.29, 1.82) is 0 Å². The van der Waals surface area contributed by atoms with E-state index in [-0.39, 0.29) is 11.0 Å². The van der Waals surface area contributed by atoms with Crippen LogP contribution in [0.4, 0.5) is 5.69 Å². The van der Waals surface area contributed by atoms with E-state index in [1.807, 2.05) is 18.9 Å². The molecule has 170 valence electrons. The molecule has 3 aliphatic rings. The van der Waals surface area contributed by atoms with Gasteiger partial charge in [-0.25, -0.2) is 0 Å². The average molecular weight is 438 g/mol. The first-order chi connectivity index (χ1) is 15.4. The van der Waals surface area contributed by atoms with E-state index in [1.165, 1.54) is 59.0 Å². The van der Waals surface area contributed by atoms with Gasteiger partial charge in [0.05, 0.1) is 23.3 Å². The molecule has 7 nitrogen and oxygen atoms in total. The largest absolute Gasteiger partial charge is 0.380 e. The van der Waals surface area contributed by atoms with Gasteiger partial charge in [-0.15, -0.1) is 0 Å². The minimum atomic E-state index is -0.542. The summed E-state index contributed by atoms with van der Waals surface area (Å²) >= 11 is 0. The second-order valence-electron chi connectivity index (χ2n) is 8.83. The highest BCUT2D eigenvalue weighted by atomic mass is 16.5. The van der Waals surface area contributed by atoms with E-state index in [9.17, 15) is 14.4 Å². The lowest BCUT2D eigenvalue weighted by molar-refractivity contribution is -0.119. The molecule has 2 saturated carbocycles. The number of hydrogen-bond acceptors (Lipinski definition) is 4. The summed E-state index contributed by atoms with van der Waals surface area (Å²) in [7, 11) is 1.95. The molecule has 2 fully saturated rings. The van der Waals surface area contributed by atoms with Gasteiger partial charge < -0.3 is 19.9 Å². The average Bonchev–Trinajstić information content (AvgIpc) is 3.51. The molecule has 2 amide bonds. The maximum Gasteiger partial charge on any atom is 0.250 e. The van der Waals surface area contributed by atoms with Gasteiger partial charge >= 0.3 is 0 Å². The Kier molecular flexibility index (Phi) is 6.20. The molecule has 0 atom stereocenters. The third-order valence-corrected chi connectivity index (χ3v) is 6.88. The Morgan fingerprint density at radius 3 is 2.53 bits per heavy atom. The van der Waals surface area contributed by atoms with Crippen LogP contribution in [0.2, 0.25) is 0 Å². The summed E-state index contributed by atoms with van der Waals surface area (Å²) in [6.45, 7) is 3.35. The molecular weight excluding hydrogens is 406 g/mol. The fraction of sp³-hybridized carbons (Fsp3) is 0.480. The van der Waals surface area contributed by atoms with Crippen molar-refractivity contribution in [2.24, 2.45) is 5.73 Å². The first-order valence-electron chi connectivity index (χ1n) is 11.4. The standard InChI is InChI=1S/C15H17NO.C10H14N2O3/c1-16-13-11(10-4-2-5-10)6-3-7-12(13)15(8-9-15)14(16)17;1-2-15-6-5-12-7-8(10(11)14)3-4-9(12)13/h3,6-7,10H,2,4-5,8-9H2,1H3;3-4,7H,2,5-6H2,1H3,(H2,11,14). The van der Waals surface area contributed by atoms with E-state index in [2.05, 4.69) is 18.2 Å². The number of likely N-dealkylation sites (N-methyl/N-ethyl adjacent to an activating group) is 1. The smallest absolute Gasteiger partial charge is 0.250 e. The lowest BCUT2D eigenvalue weighted by atomic mass is 9.78. The summed E-state index contributed by atoms with van der Waals surface area (Å²) < 4.78 is 6.53. The number of benzene rings is 1. The zero-order chi connectivity index (χ0) is 22.9. The maximum atomic E-state index is 12.4. The Morgan fingerprint density at radius 1 is 1.19 bits per heavy atom. The molecule has 2 heterocycles. The molecular formula is C25H31N3O4. The zero-order valence-electron chi connectivity index (χ0n) is 18.8. The summed E-state index contributed by atoms with van der Waals surface area (Å²) in [6.07, 6.45) is 7.49. The SMILES string of the molecule is CCOCCn1cc(C(N)=O)ccc1=O.CN1C(=O)C2(CC2)c2cccc(C3CCC3)c21. The van der Waals surface area contributed by atoms with Crippen LogP contribution in [0.1, 0.15) is 66.4 Å². The Labute approximate surface area is 188 Å². The van der Waals surface area contributed by atoms with E-state index < -0.39 is 5.91 Å². The molecule has 0 saturated heterocycles. The number of fused-ring (bicyclic) bond motifs is 2. The van der Waals surface area contributed by atoms with Crippen LogP contribution in [0.25, 0.3) is 0 Å². The number of amides is 2. The Balaban J connectivity index is 0.000000155. The van der Waals surface area contributed by atoms with Crippen molar-refractivity contribution in [3.8, 4) is 0 Å². The zero-order valence-corrected chi connectivity index (χ0v) is 18.8. The molecule has 2 aromatic rings. The van der Waals surface area contributed by atoms with E-state index in [1.54, 1.807) is 0 Å². The van der Waals surface area contributed by atoms with Gasteiger partial charge in [-0.3, -0.25) is 14.4 Å². The van der Waals surface area contributed by atoms with Gasteiger partial charge in [-0.2, -0.15) is 0 Å². The van der Waals surface area contributed by atoms with Crippen LogP contribution in [0.5, 0.6) is 0 Å². The van der Waals surface area contributed by atoms with Crippen LogP contribution in [0, 0.1) is 0 Å². The number of pyridine rings is 1. The van der Waals surface area contributed by atoms with Gasteiger partial charge in [-0.05, 0) is 55.7 Å². The highest BCUT2D eigenvalue weighted by Gasteiger charge is 2.58. The molecule has 2 aliphatic carbocycles. The van der Waals surface area contributed by atoms with E-state index in [4.69, 9.17) is 10.5 Å². The number of carbonyl (C=O) groups excluding carboxylic acids is 2. The molecule has 1 aromatic heterocycles. The molecule has 0 bridgehead atoms. The first kappa shape index (κ1) is 22.3. The summed E-state index contributed by atoms with van der Waals surface area (Å²) in [5.74, 6) is 0.494. The molecule has 2 N–H and O–H groups in total. The molecule has 5 rings (SSSR count). The molecule has 1 aromatic carbocycles. The number of carbonyl (C=O) groups is 2. The second kappa shape index (κ2) is 8.90. The van der Waals surface area contributed by atoms with Crippen LogP contribution < -0.4 is 16.2 Å². The van der Waals surface area contributed by atoms with E-state index in [0.717, 1.165) is 12.8 Å². The van der Waals surface area contributed by atoms with Crippen molar-refractivity contribution >= 4 is 17.5 Å². The van der Waals surface area contributed by atoms with E-state index in [0.29, 0.717) is 37.1 Å². The minimum absolute atomic E-state index is 0.107.